The minimum absolute atomic E-state index is 0.402. The van der Waals surface area contributed by atoms with Crippen molar-refractivity contribution in [2.75, 3.05) is 13.2 Å². The van der Waals surface area contributed by atoms with Crippen LogP contribution in [0.4, 0.5) is 0 Å². The van der Waals surface area contributed by atoms with Crippen LogP contribution in [0.15, 0.2) is 12.1 Å². The third-order valence-corrected chi connectivity index (χ3v) is 4.56. The highest BCUT2D eigenvalue weighted by Crippen LogP contribution is 2.37. The average Bonchev–Trinajstić information content (AvgIpc) is 2.84. The van der Waals surface area contributed by atoms with Crippen molar-refractivity contribution >= 4 is 0 Å². The molecule has 112 valence electrons. The second kappa shape index (κ2) is 6.73. The third kappa shape index (κ3) is 3.07. The van der Waals surface area contributed by atoms with E-state index in [1.807, 2.05) is 0 Å². The van der Waals surface area contributed by atoms with Gasteiger partial charge in [0.25, 0.3) is 0 Å². The van der Waals surface area contributed by atoms with Crippen molar-refractivity contribution in [3.8, 4) is 0 Å². The fraction of sp³-hybridized carbons (Fsp3) is 0.667. The molecule has 2 heteroatoms. The van der Waals surface area contributed by atoms with Gasteiger partial charge < -0.3 is 10.1 Å². The molecule has 20 heavy (non-hydrogen) atoms. The highest BCUT2D eigenvalue weighted by Gasteiger charge is 2.35. The quantitative estimate of drug-likeness (QED) is 0.874. The summed E-state index contributed by atoms with van der Waals surface area (Å²) in [5, 5.41) is 3.73. The third-order valence-electron chi connectivity index (χ3n) is 4.56. The van der Waals surface area contributed by atoms with E-state index in [-0.39, 0.29) is 0 Å². The molecule has 1 aliphatic heterocycles. The molecule has 0 aliphatic carbocycles. The summed E-state index contributed by atoms with van der Waals surface area (Å²) in [7, 11) is 0. The molecule has 0 aromatic heterocycles. The van der Waals surface area contributed by atoms with E-state index in [0.29, 0.717) is 18.1 Å². The first-order chi connectivity index (χ1) is 9.58. The molecule has 1 aromatic rings. The van der Waals surface area contributed by atoms with E-state index < -0.39 is 0 Å². The maximum Gasteiger partial charge on any atom is 0.0619 e. The van der Waals surface area contributed by atoms with Crippen LogP contribution in [0, 0.1) is 26.7 Å². The fourth-order valence-corrected chi connectivity index (χ4v) is 3.84. The van der Waals surface area contributed by atoms with Gasteiger partial charge >= 0.3 is 0 Å². The normalized spacial score (nSPS) is 24.1. The van der Waals surface area contributed by atoms with E-state index in [1.54, 1.807) is 0 Å². The van der Waals surface area contributed by atoms with Crippen LogP contribution in [0.25, 0.3) is 0 Å². The molecule has 2 rings (SSSR count). The smallest absolute Gasteiger partial charge is 0.0619 e. The van der Waals surface area contributed by atoms with Crippen LogP contribution < -0.4 is 5.32 Å². The standard InChI is InChI=1S/C18H29NO/c1-6-16-15(8-9-20-16)18(19-7-2)17-13(4)10-12(3)11-14(17)5/h10-11,15-16,18-19H,6-9H2,1-5H3. The summed E-state index contributed by atoms with van der Waals surface area (Å²) in [4.78, 5) is 0. The van der Waals surface area contributed by atoms with Crippen molar-refractivity contribution in [1.29, 1.82) is 0 Å². The molecule has 0 amide bonds. The minimum atomic E-state index is 0.402. The van der Waals surface area contributed by atoms with Crippen molar-refractivity contribution in [3.05, 3.63) is 34.4 Å². The second-order valence-electron chi connectivity index (χ2n) is 6.12. The summed E-state index contributed by atoms with van der Waals surface area (Å²) in [6, 6.07) is 5.04. The summed E-state index contributed by atoms with van der Waals surface area (Å²) < 4.78 is 5.93. The Hall–Kier alpha value is -0.860. The first kappa shape index (κ1) is 15.5. The van der Waals surface area contributed by atoms with Gasteiger partial charge in [-0.1, -0.05) is 31.5 Å². The number of ether oxygens (including phenoxy) is 1. The Bertz CT molecular complexity index is 432. The zero-order chi connectivity index (χ0) is 14.7. The van der Waals surface area contributed by atoms with Gasteiger partial charge in [-0.25, -0.2) is 0 Å². The molecule has 1 heterocycles. The monoisotopic (exact) mass is 275 g/mol. The predicted octanol–water partition coefficient (Wildman–Crippen LogP) is 4.08. The maximum absolute atomic E-state index is 5.93. The molecular weight excluding hydrogens is 246 g/mol. The van der Waals surface area contributed by atoms with E-state index in [4.69, 9.17) is 4.74 Å². The van der Waals surface area contributed by atoms with Gasteiger partial charge in [0.15, 0.2) is 0 Å². The largest absolute Gasteiger partial charge is 0.378 e. The van der Waals surface area contributed by atoms with Crippen LogP contribution in [0.5, 0.6) is 0 Å². The van der Waals surface area contributed by atoms with Gasteiger partial charge in [-0.2, -0.15) is 0 Å². The van der Waals surface area contributed by atoms with Crippen LogP contribution in [-0.4, -0.2) is 19.3 Å². The molecule has 1 aliphatic rings. The summed E-state index contributed by atoms with van der Waals surface area (Å²) in [6.45, 7) is 13.0. The van der Waals surface area contributed by atoms with Gasteiger partial charge in [-0.15, -0.1) is 0 Å². The van der Waals surface area contributed by atoms with Crippen LogP contribution in [0.3, 0.4) is 0 Å². The number of hydrogen-bond acceptors (Lipinski definition) is 2. The Morgan fingerprint density at radius 1 is 1.20 bits per heavy atom. The number of nitrogens with one attached hydrogen (secondary N) is 1. The number of rotatable bonds is 5. The van der Waals surface area contributed by atoms with Gasteiger partial charge in [0, 0.05) is 18.6 Å². The Labute approximate surface area is 123 Å². The van der Waals surface area contributed by atoms with Crippen molar-refractivity contribution in [3.63, 3.8) is 0 Å². The Kier molecular flexibility index (Phi) is 5.22. The van der Waals surface area contributed by atoms with E-state index >= 15 is 0 Å². The van der Waals surface area contributed by atoms with Crippen LogP contribution >= 0.6 is 0 Å². The van der Waals surface area contributed by atoms with Crippen LogP contribution in [0.2, 0.25) is 0 Å². The lowest BCUT2D eigenvalue weighted by Crippen LogP contribution is -2.33. The zero-order valence-electron chi connectivity index (χ0n) is 13.6. The molecule has 0 radical (unpaired) electrons. The summed E-state index contributed by atoms with van der Waals surface area (Å²) in [6.07, 6.45) is 2.68. The molecule has 1 aromatic carbocycles. The lowest BCUT2D eigenvalue weighted by Gasteiger charge is -2.31. The molecule has 0 saturated carbocycles. The summed E-state index contributed by atoms with van der Waals surface area (Å²) in [5.41, 5.74) is 5.67. The molecule has 0 bridgehead atoms. The predicted molar refractivity (Wildman–Crippen MR) is 85.2 cm³/mol. The minimum Gasteiger partial charge on any atom is -0.378 e. The van der Waals surface area contributed by atoms with Gasteiger partial charge in [0.1, 0.15) is 0 Å². The van der Waals surface area contributed by atoms with Crippen molar-refractivity contribution in [1.82, 2.24) is 5.32 Å². The molecule has 2 nitrogen and oxygen atoms in total. The number of benzene rings is 1. The van der Waals surface area contributed by atoms with Gasteiger partial charge in [-0.05, 0) is 56.8 Å². The van der Waals surface area contributed by atoms with E-state index in [0.717, 1.165) is 19.6 Å². The van der Waals surface area contributed by atoms with Crippen molar-refractivity contribution in [2.24, 2.45) is 5.92 Å². The van der Waals surface area contributed by atoms with Gasteiger partial charge in [0.2, 0.25) is 0 Å². The lowest BCUT2D eigenvalue weighted by atomic mass is 9.82. The number of aryl methyl sites for hydroxylation is 3. The second-order valence-corrected chi connectivity index (χ2v) is 6.12. The van der Waals surface area contributed by atoms with Crippen LogP contribution in [0.1, 0.15) is 55.0 Å². The summed E-state index contributed by atoms with van der Waals surface area (Å²) >= 11 is 0. The Morgan fingerprint density at radius 2 is 1.85 bits per heavy atom. The lowest BCUT2D eigenvalue weighted by molar-refractivity contribution is 0.0774. The molecule has 3 atom stereocenters. The first-order valence-electron chi connectivity index (χ1n) is 8.01. The van der Waals surface area contributed by atoms with Gasteiger partial charge in [0.05, 0.1) is 6.10 Å². The molecular formula is C18H29NO. The van der Waals surface area contributed by atoms with E-state index in [1.165, 1.54) is 28.7 Å². The van der Waals surface area contributed by atoms with Gasteiger partial charge in [-0.3, -0.25) is 0 Å². The van der Waals surface area contributed by atoms with E-state index in [9.17, 15) is 0 Å². The highest BCUT2D eigenvalue weighted by atomic mass is 16.5. The molecule has 3 unspecified atom stereocenters. The topological polar surface area (TPSA) is 21.3 Å². The maximum atomic E-state index is 5.93. The zero-order valence-corrected chi connectivity index (χ0v) is 13.6. The SMILES string of the molecule is CCNC(c1c(C)cc(C)cc1C)C1CCOC1CC. The molecule has 1 N–H and O–H groups in total. The first-order valence-corrected chi connectivity index (χ1v) is 8.01. The van der Waals surface area contributed by atoms with Crippen molar-refractivity contribution < 1.29 is 4.74 Å². The number of hydrogen-bond donors (Lipinski definition) is 1. The Balaban J connectivity index is 2.38. The van der Waals surface area contributed by atoms with Crippen molar-refractivity contribution in [2.45, 2.75) is 59.6 Å². The Morgan fingerprint density at radius 3 is 2.40 bits per heavy atom. The van der Waals surface area contributed by atoms with Crippen LogP contribution in [-0.2, 0) is 4.74 Å². The molecule has 1 fully saturated rings. The fourth-order valence-electron chi connectivity index (χ4n) is 3.84. The molecule has 0 spiro atoms. The summed E-state index contributed by atoms with van der Waals surface area (Å²) in [5.74, 6) is 0.597. The average molecular weight is 275 g/mol. The van der Waals surface area contributed by atoms with E-state index in [2.05, 4.69) is 52.1 Å². The highest BCUT2D eigenvalue weighted by molar-refractivity contribution is 5.40. The molecule has 1 saturated heterocycles.